The number of rotatable bonds is 5. The van der Waals surface area contributed by atoms with Crippen molar-refractivity contribution in [2.24, 2.45) is 0 Å². The number of nitrogens with one attached hydrogen (secondary N) is 1. The SMILES string of the molecule is CS(=O)(=O)c1ccc(/C(NC(=O)C(F)(F)F)=C(\C(=O)O)c2ccc(F)cc2)cc1. The summed E-state index contributed by atoms with van der Waals surface area (Å²) in [5, 5.41) is 11.1. The number of carbonyl (C=O) groups is 2. The number of carbonyl (C=O) groups excluding carboxylic acids is 1. The van der Waals surface area contributed by atoms with E-state index in [0.717, 1.165) is 54.8 Å². The first-order valence-corrected chi connectivity index (χ1v) is 9.62. The number of benzene rings is 2. The van der Waals surface area contributed by atoms with Gasteiger partial charge in [-0.3, -0.25) is 4.79 Å². The lowest BCUT2D eigenvalue weighted by Gasteiger charge is -2.16. The number of sulfone groups is 1. The summed E-state index contributed by atoms with van der Waals surface area (Å²) in [6, 6.07) is 8.03. The molecule has 0 radical (unpaired) electrons. The lowest BCUT2D eigenvalue weighted by molar-refractivity contribution is -0.172. The zero-order valence-corrected chi connectivity index (χ0v) is 15.4. The summed E-state index contributed by atoms with van der Waals surface area (Å²) in [6.07, 6.45) is -4.41. The Morgan fingerprint density at radius 2 is 1.41 bits per heavy atom. The van der Waals surface area contributed by atoms with Crippen molar-refractivity contribution in [3.63, 3.8) is 0 Å². The molecular formula is C18H13F4NO5S. The molecule has 0 aliphatic heterocycles. The highest BCUT2D eigenvalue weighted by Crippen LogP contribution is 2.28. The van der Waals surface area contributed by atoms with Crippen LogP contribution in [0.3, 0.4) is 0 Å². The number of hydrogen-bond acceptors (Lipinski definition) is 4. The topological polar surface area (TPSA) is 101 Å². The smallest absolute Gasteiger partial charge is 0.471 e. The average Bonchev–Trinajstić information content (AvgIpc) is 2.61. The minimum Gasteiger partial charge on any atom is -0.478 e. The zero-order chi connectivity index (χ0) is 22.0. The highest BCUT2D eigenvalue weighted by atomic mass is 32.2. The Morgan fingerprint density at radius 1 is 0.931 bits per heavy atom. The van der Waals surface area contributed by atoms with E-state index in [0.29, 0.717) is 0 Å². The number of carboxylic acids is 1. The molecule has 0 atom stereocenters. The van der Waals surface area contributed by atoms with Gasteiger partial charge in [0.05, 0.1) is 16.2 Å². The summed E-state index contributed by atoms with van der Waals surface area (Å²) in [5.41, 5.74) is -1.85. The van der Waals surface area contributed by atoms with Gasteiger partial charge in [0.15, 0.2) is 9.84 Å². The summed E-state index contributed by atoms with van der Waals surface area (Å²) in [5.74, 6) is -4.83. The Labute approximate surface area is 162 Å². The fraction of sp³-hybridized carbons (Fsp3) is 0.111. The molecule has 0 unspecified atom stereocenters. The first kappa shape index (κ1) is 22.1. The van der Waals surface area contributed by atoms with Gasteiger partial charge in [-0.1, -0.05) is 24.3 Å². The van der Waals surface area contributed by atoms with Crippen LogP contribution in [0.2, 0.25) is 0 Å². The molecule has 2 rings (SSSR count). The maximum Gasteiger partial charge on any atom is 0.471 e. The van der Waals surface area contributed by atoms with E-state index in [4.69, 9.17) is 0 Å². The van der Waals surface area contributed by atoms with E-state index < -0.39 is 45.0 Å². The van der Waals surface area contributed by atoms with Crippen LogP contribution < -0.4 is 5.32 Å². The van der Waals surface area contributed by atoms with Crippen LogP contribution in [0.1, 0.15) is 11.1 Å². The van der Waals surface area contributed by atoms with Crippen LogP contribution in [-0.2, 0) is 19.4 Å². The highest BCUT2D eigenvalue weighted by Gasteiger charge is 2.40. The fourth-order valence-electron chi connectivity index (χ4n) is 2.32. The lowest BCUT2D eigenvalue weighted by atomic mass is 9.99. The molecule has 11 heteroatoms. The molecule has 0 saturated carbocycles. The van der Waals surface area contributed by atoms with E-state index in [1.165, 1.54) is 5.32 Å². The molecule has 1 amide bonds. The minimum atomic E-state index is -5.32. The quantitative estimate of drug-likeness (QED) is 0.431. The molecule has 29 heavy (non-hydrogen) atoms. The van der Waals surface area contributed by atoms with Crippen LogP contribution in [-0.4, -0.2) is 37.8 Å². The first-order valence-electron chi connectivity index (χ1n) is 7.73. The summed E-state index contributed by atoms with van der Waals surface area (Å²) in [7, 11) is -3.63. The number of amides is 1. The van der Waals surface area contributed by atoms with Crippen molar-refractivity contribution in [1.82, 2.24) is 5.32 Å². The summed E-state index contributed by atoms with van der Waals surface area (Å²) >= 11 is 0. The third-order valence-corrected chi connectivity index (χ3v) is 4.79. The maximum atomic E-state index is 13.2. The van der Waals surface area contributed by atoms with E-state index in [1.54, 1.807) is 0 Å². The molecule has 0 aliphatic carbocycles. The third kappa shape index (κ3) is 5.41. The molecule has 2 aromatic rings. The third-order valence-electron chi connectivity index (χ3n) is 3.66. The van der Waals surface area contributed by atoms with Crippen molar-refractivity contribution < 1.29 is 40.7 Å². The van der Waals surface area contributed by atoms with Gasteiger partial charge in [0.2, 0.25) is 0 Å². The number of halogens is 4. The second kappa shape index (κ2) is 8.03. The van der Waals surface area contributed by atoms with Crippen LogP contribution in [0.5, 0.6) is 0 Å². The Morgan fingerprint density at radius 3 is 1.83 bits per heavy atom. The molecule has 0 aromatic heterocycles. The molecule has 0 aliphatic rings. The monoisotopic (exact) mass is 431 g/mol. The van der Waals surface area contributed by atoms with Crippen LogP contribution in [0.25, 0.3) is 11.3 Å². The van der Waals surface area contributed by atoms with Gasteiger partial charge in [-0.2, -0.15) is 13.2 Å². The Kier molecular flexibility index (Phi) is 6.12. The van der Waals surface area contributed by atoms with E-state index in [2.05, 4.69) is 0 Å². The largest absolute Gasteiger partial charge is 0.478 e. The summed E-state index contributed by atoms with van der Waals surface area (Å²) in [4.78, 5) is 23.1. The van der Waals surface area contributed by atoms with Crippen molar-refractivity contribution in [2.45, 2.75) is 11.1 Å². The molecular weight excluding hydrogens is 418 g/mol. The van der Waals surface area contributed by atoms with Crippen LogP contribution >= 0.6 is 0 Å². The normalized spacial score (nSPS) is 12.9. The fourth-order valence-corrected chi connectivity index (χ4v) is 2.95. The van der Waals surface area contributed by atoms with Gasteiger partial charge in [-0.15, -0.1) is 0 Å². The average molecular weight is 431 g/mol. The molecule has 0 spiro atoms. The molecule has 0 bridgehead atoms. The molecule has 0 fully saturated rings. The van der Waals surface area contributed by atoms with E-state index in [-0.39, 0.29) is 16.0 Å². The minimum absolute atomic E-state index is 0.165. The van der Waals surface area contributed by atoms with Gasteiger partial charge in [0.25, 0.3) is 0 Å². The second-order valence-electron chi connectivity index (χ2n) is 5.81. The molecule has 2 aromatic carbocycles. The lowest BCUT2D eigenvalue weighted by Crippen LogP contribution is -2.36. The molecule has 0 heterocycles. The molecule has 0 saturated heterocycles. The molecule has 2 N–H and O–H groups in total. The van der Waals surface area contributed by atoms with Crippen molar-refractivity contribution in [3.8, 4) is 0 Å². The van der Waals surface area contributed by atoms with Crippen molar-refractivity contribution >= 4 is 33.0 Å². The summed E-state index contributed by atoms with van der Waals surface area (Å²) in [6.45, 7) is 0. The van der Waals surface area contributed by atoms with E-state index in [1.807, 2.05) is 0 Å². The van der Waals surface area contributed by atoms with Gasteiger partial charge in [0.1, 0.15) is 5.82 Å². The predicted molar refractivity (Wildman–Crippen MR) is 94.6 cm³/mol. The maximum absolute atomic E-state index is 13.2. The van der Waals surface area contributed by atoms with Crippen LogP contribution in [0.15, 0.2) is 53.4 Å². The van der Waals surface area contributed by atoms with Gasteiger partial charge < -0.3 is 10.4 Å². The Bertz CT molecular complexity index is 1070. The first-order chi connectivity index (χ1) is 13.3. The predicted octanol–water partition coefficient (Wildman–Crippen LogP) is 2.86. The highest BCUT2D eigenvalue weighted by molar-refractivity contribution is 7.90. The summed E-state index contributed by atoms with van der Waals surface area (Å²) < 4.78 is 74.5. The van der Waals surface area contributed by atoms with Crippen LogP contribution in [0, 0.1) is 5.82 Å². The second-order valence-corrected chi connectivity index (χ2v) is 7.83. The van der Waals surface area contributed by atoms with Gasteiger partial charge >= 0.3 is 18.1 Å². The van der Waals surface area contributed by atoms with E-state index in [9.17, 15) is 40.7 Å². The number of hydrogen-bond donors (Lipinski definition) is 2. The molecule has 154 valence electrons. The zero-order valence-electron chi connectivity index (χ0n) is 14.6. The van der Waals surface area contributed by atoms with Crippen molar-refractivity contribution in [1.29, 1.82) is 0 Å². The molecule has 6 nitrogen and oxygen atoms in total. The number of alkyl halides is 3. The van der Waals surface area contributed by atoms with Crippen molar-refractivity contribution in [3.05, 3.63) is 65.5 Å². The van der Waals surface area contributed by atoms with Gasteiger partial charge in [-0.05, 0) is 35.4 Å². The number of carboxylic acid groups (broad SMARTS) is 1. The number of aliphatic carboxylic acids is 1. The van der Waals surface area contributed by atoms with Crippen molar-refractivity contribution in [2.75, 3.05) is 6.26 Å². The standard InChI is InChI=1S/C18H13F4NO5S/c1-29(27,28)13-8-4-11(5-9-13)15(23-17(26)18(20,21)22)14(16(24)25)10-2-6-12(19)7-3-10/h2-9H,1H3,(H,23,26)(H,24,25)/b15-14+. The Hall–Kier alpha value is -3.21. The van der Waals surface area contributed by atoms with Crippen LogP contribution in [0.4, 0.5) is 17.6 Å². The van der Waals surface area contributed by atoms with Gasteiger partial charge in [0, 0.05) is 6.26 Å². The van der Waals surface area contributed by atoms with E-state index >= 15 is 0 Å². The Balaban J connectivity index is 2.73. The van der Waals surface area contributed by atoms with Gasteiger partial charge in [-0.25, -0.2) is 17.6 Å².